The van der Waals surface area contributed by atoms with Gasteiger partial charge in [-0.25, -0.2) is 4.79 Å². The minimum atomic E-state index is -0.753. The van der Waals surface area contributed by atoms with E-state index in [0.717, 1.165) is 0 Å². The molecule has 0 atom stereocenters. The number of carbonyl (C=O) groups excluding carboxylic acids is 1. The van der Waals surface area contributed by atoms with E-state index in [0.29, 0.717) is 14.6 Å². The number of hydrogen-bond donors (Lipinski definition) is 1. The van der Waals surface area contributed by atoms with Gasteiger partial charge in [-0.1, -0.05) is 0 Å². The van der Waals surface area contributed by atoms with Crippen LogP contribution in [0.15, 0.2) is 12.1 Å². The predicted molar refractivity (Wildman–Crippen MR) is 66.8 cm³/mol. The highest BCUT2D eigenvalue weighted by Crippen LogP contribution is 2.27. The van der Waals surface area contributed by atoms with Crippen molar-refractivity contribution >= 4 is 45.2 Å². The maximum absolute atomic E-state index is 11.4. The van der Waals surface area contributed by atoms with Crippen LogP contribution < -0.4 is 0 Å². The fourth-order valence-corrected chi connectivity index (χ4v) is 1.99. The second kappa shape index (κ2) is 4.28. The number of hydrogen-bond acceptors (Lipinski definition) is 5. The van der Waals surface area contributed by atoms with Crippen LogP contribution >= 0.6 is 22.6 Å². The number of nitro groups is 1. The molecule has 0 radical (unpaired) electrons. The van der Waals surface area contributed by atoms with Gasteiger partial charge in [0.05, 0.1) is 17.5 Å². The number of aromatic nitrogens is 2. The van der Waals surface area contributed by atoms with Gasteiger partial charge in [0.1, 0.15) is 9.26 Å². The van der Waals surface area contributed by atoms with Gasteiger partial charge in [-0.15, -0.1) is 0 Å². The average molecular weight is 347 g/mol. The van der Waals surface area contributed by atoms with Crippen LogP contribution in [0.3, 0.4) is 0 Å². The summed E-state index contributed by atoms with van der Waals surface area (Å²) in [7, 11) is 1.17. The quantitative estimate of drug-likeness (QED) is 0.387. The lowest BCUT2D eigenvalue weighted by Gasteiger charge is -2.00. The number of H-pyrrole nitrogens is 1. The second-order valence-electron chi connectivity index (χ2n) is 3.17. The number of carbonyl (C=O) groups is 1. The number of esters is 1. The van der Waals surface area contributed by atoms with Gasteiger partial charge in [0.25, 0.3) is 5.69 Å². The summed E-state index contributed by atoms with van der Waals surface area (Å²) >= 11 is 1.97. The van der Waals surface area contributed by atoms with Gasteiger partial charge in [0, 0.05) is 11.5 Å². The van der Waals surface area contributed by atoms with E-state index < -0.39 is 10.9 Å². The number of fused-ring (bicyclic) bond motifs is 1. The SMILES string of the molecule is COC(=O)c1cc2n[nH]c(I)c2cc1[N+](=O)[O-]. The van der Waals surface area contributed by atoms with E-state index >= 15 is 0 Å². The van der Waals surface area contributed by atoms with Crippen molar-refractivity contribution in [3.8, 4) is 0 Å². The van der Waals surface area contributed by atoms with Gasteiger partial charge in [-0.05, 0) is 28.7 Å². The Morgan fingerprint density at radius 3 is 2.88 bits per heavy atom. The van der Waals surface area contributed by atoms with Crippen molar-refractivity contribution in [2.24, 2.45) is 0 Å². The number of benzene rings is 1. The zero-order valence-electron chi connectivity index (χ0n) is 8.56. The number of methoxy groups -OCH3 is 1. The Morgan fingerprint density at radius 2 is 2.29 bits per heavy atom. The first-order valence-corrected chi connectivity index (χ1v) is 5.52. The van der Waals surface area contributed by atoms with Gasteiger partial charge in [0.15, 0.2) is 0 Å². The molecule has 0 unspecified atom stereocenters. The first-order chi connectivity index (χ1) is 8.04. The molecular weight excluding hydrogens is 341 g/mol. The largest absolute Gasteiger partial charge is 0.465 e. The van der Waals surface area contributed by atoms with Crippen LogP contribution in [0.25, 0.3) is 10.9 Å². The number of ether oxygens (including phenoxy) is 1. The molecule has 88 valence electrons. The summed E-state index contributed by atoms with van der Waals surface area (Å²) in [5, 5.41) is 18.1. The maximum atomic E-state index is 11.4. The topological polar surface area (TPSA) is 98.1 Å². The highest BCUT2D eigenvalue weighted by Gasteiger charge is 2.23. The van der Waals surface area contributed by atoms with Crippen LogP contribution in [0.5, 0.6) is 0 Å². The first-order valence-electron chi connectivity index (χ1n) is 4.45. The van der Waals surface area contributed by atoms with E-state index in [9.17, 15) is 14.9 Å². The Balaban J connectivity index is 2.76. The Kier molecular flexibility index (Phi) is 2.96. The molecular formula is C9H6IN3O4. The molecule has 0 saturated heterocycles. The molecule has 0 amide bonds. The van der Waals surface area contributed by atoms with Crippen molar-refractivity contribution in [1.29, 1.82) is 0 Å². The summed E-state index contributed by atoms with van der Waals surface area (Å²) in [5.41, 5.74) is 0.0944. The molecule has 0 aliphatic heterocycles. The van der Waals surface area contributed by atoms with E-state index in [1.54, 1.807) is 0 Å². The molecule has 2 rings (SSSR count). The van der Waals surface area contributed by atoms with Crippen LogP contribution in [-0.2, 0) is 4.74 Å². The van der Waals surface area contributed by atoms with Crippen molar-refractivity contribution in [1.82, 2.24) is 10.2 Å². The highest BCUT2D eigenvalue weighted by atomic mass is 127. The molecule has 0 saturated carbocycles. The van der Waals surface area contributed by atoms with Crippen LogP contribution in [0.1, 0.15) is 10.4 Å². The first kappa shape index (κ1) is 11.8. The summed E-state index contributed by atoms with van der Waals surface area (Å²) in [5.74, 6) is -0.753. The van der Waals surface area contributed by atoms with E-state index in [2.05, 4.69) is 14.9 Å². The van der Waals surface area contributed by atoms with E-state index in [4.69, 9.17) is 0 Å². The smallest absolute Gasteiger partial charge is 0.344 e. The van der Waals surface area contributed by atoms with E-state index in [1.165, 1.54) is 19.2 Å². The van der Waals surface area contributed by atoms with Crippen molar-refractivity contribution < 1.29 is 14.5 Å². The summed E-state index contributed by atoms with van der Waals surface area (Å²) in [6, 6.07) is 2.66. The number of aromatic amines is 1. The van der Waals surface area contributed by atoms with Crippen LogP contribution in [0.2, 0.25) is 0 Å². The molecule has 0 bridgehead atoms. The minimum absolute atomic E-state index is 0.104. The molecule has 1 N–H and O–H groups in total. The third-order valence-electron chi connectivity index (χ3n) is 2.23. The molecule has 8 heteroatoms. The molecule has 2 aromatic rings. The molecule has 0 aliphatic rings. The fraction of sp³-hybridized carbons (Fsp3) is 0.111. The highest BCUT2D eigenvalue weighted by molar-refractivity contribution is 14.1. The Hall–Kier alpha value is -1.71. The predicted octanol–water partition coefficient (Wildman–Crippen LogP) is 1.86. The normalized spacial score (nSPS) is 10.5. The van der Waals surface area contributed by atoms with Gasteiger partial charge in [0.2, 0.25) is 0 Å². The van der Waals surface area contributed by atoms with Gasteiger partial charge in [-0.3, -0.25) is 15.2 Å². The number of nitrogens with zero attached hydrogens (tertiary/aromatic N) is 2. The van der Waals surface area contributed by atoms with Crippen molar-refractivity contribution in [3.63, 3.8) is 0 Å². The molecule has 0 aliphatic carbocycles. The maximum Gasteiger partial charge on any atom is 0.344 e. The van der Waals surface area contributed by atoms with Crippen LogP contribution in [-0.4, -0.2) is 28.2 Å². The van der Waals surface area contributed by atoms with Gasteiger partial charge in [-0.2, -0.15) is 5.10 Å². The lowest BCUT2D eigenvalue weighted by molar-refractivity contribution is -0.385. The summed E-state index contributed by atoms with van der Waals surface area (Å²) < 4.78 is 5.18. The lowest BCUT2D eigenvalue weighted by atomic mass is 10.1. The third-order valence-corrected chi connectivity index (χ3v) is 3.05. The average Bonchev–Trinajstić information content (AvgIpc) is 2.68. The molecule has 1 aromatic heterocycles. The van der Waals surface area contributed by atoms with Crippen molar-refractivity contribution in [3.05, 3.63) is 31.5 Å². The molecule has 0 fully saturated rings. The molecule has 17 heavy (non-hydrogen) atoms. The zero-order chi connectivity index (χ0) is 12.6. The molecule has 1 heterocycles. The number of halogens is 1. The Morgan fingerprint density at radius 1 is 1.59 bits per heavy atom. The fourth-order valence-electron chi connectivity index (χ4n) is 1.44. The van der Waals surface area contributed by atoms with Gasteiger partial charge < -0.3 is 4.74 Å². The Labute approximate surface area is 108 Å². The van der Waals surface area contributed by atoms with E-state index in [-0.39, 0.29) is 11.3 Å². The number of nitrogens with one attached hydrogen (secondary N) is 1. The number of rotatable bonds is 2. The second-order valence-corrected chi connectivity index (χ2v) is 4.25. The van der Waals surface area contributed by atoms with Crippen LogP contribution in [0, 0.1) is 13.8 Å². The third kappa shape index (κ3) is 1.95. The molecule has 1 aromatic carbocycles. The minimum Gasteiger partial charge on any atom is -0.465 e. The van der Waals surface area contributed by atoms with Gasteiger partial charge >= 0.3 is 5.97 Å². The standard InChI is InChI=1S/C9H6IN3O4/c1-17-9(14)5-2-6-4(8(10)12-11-6)3-7(5)13(15)16/h2-3H,1H3,(H,11,12). The number of nitro benzene ring substituents is 1. The van der Waals surface area contributed by atoms with E-state index in [1.807, 2.05) is 22.6 Å². The van der Waals surface area contributed by atoms with Crippen LogP contribution in [0.4, 0.5) is 5.69 Å². The summed E-state index contributed by atoms with van der Waals surface area (Å²) in [4.78, 5) is 21.7. The molecule has 7 nitrogen and oxygen atoms in total. The Bertz CT molecular complexity index is 622. The lowest BCUT2D eigenvalue weighted by Crippen LogP contribution is -2.05. The monoisotopic (exact) mass is 347 g/mol. The summed E-state index contributed by atoms with van der Waals surface area (Å²) in [6.07, 6.45) is 0. The summed E-state index contributed by atoms with van der Waals surface area (Å²) in [6.45, 7) is 0. The van der Waals surface area contributed by atoms with Crippen molar-refractivity contribution in [2.75, 3.05) is 7.11 Å². The molecule has 0 spiro atoms. The van der Waals surface area contributed by atoms with Crippen molar-refractivity contribution in [2.45, 2.75) is 0 Å². The zero-order valence-corrected chi connectivity index (χ0v) is 10.7.